The lowest BCUT2D eigenvalue weighted by Gasteiger charge is -2.06. The number of epoxide rings is 1. The standard InChI is InChI=1S/C10H12O2/c11-9(10-7-12-10)6-8-4-2-1-3-5-8/h1-5,9-11H,6-7H2/t9-,10-/m0/s1. The fourth-order valence-electron chi connectivity index (χ4n) is 1.26. The molecule has 0 spiro atoms. The van der Waals surface area contributed by atoms with Crippen LogP contribution in [0.2, 0.25) is 0 Å². The maximum atomic E-state index is 9.52. The average Bonchev–Trinajstić information content (AvgIpc) is 2.88. The van der Waals surface area contributed by atoms with E-state index in [2.05, 4.69) is 0 Å². The first-order chi connectivity index (χ1) is 5.86. The van der Waals surface area contributed by atoms with Gasteiger partial charge in [-0.05, 0) is 5.56 Å². The smallest absolute Gasteiger partial charge is 0.107 e. The molecule has 0 unspecified atom stereocenters. The Morgan fingerprint density at radius 2 is 2.08 bits per heavy atom. The summed E-state index contributed by atoms with van der Waals surface area (Å²) in [5.41, 5.74) is 1.17. The summed E-state index contributed by atoms with van der Waals surface area (Å²) >= 11 is 0. The van der Waals surface area contributed by atoms with Crippen LogP contribution >= 0.6 is 0 Å². The zero-order valence-electron chi connectivity index (χ0n) is 6.81. The van der Waals surface area contributed by atoms with Gasteiger partial charge in [-0.25, -0.2) is 0 Å². The van der Waals surface area contributed by atoms with Gasteiger partial charge in [-0.2, -0.15) is 0 Å². The van der Waals surface area contributed by atoms with E-state index in [1.54, 1.807) is 0 Å². The number of hydrogen-bond donors (Lipinski definition) is 1. The van der Waals surface area contributed by atoms with E-state index in [0.717, 1.165) is 0 Å². The Balaban J connectivity index is 1.94. The van der Waals surface area contributed by atoms with Crippen LogP contribution in [0.1, 0.15) is 5.56 Å². The molecule has 2 rings (SSSR count). The maximum Gasteiger partial charge on any atom is 0.107 e. The molecule has 0 aliphatic carbocycles. The van der Waals surface area contributed by atoms with E-state index in [9.17, 15) is 5.11 Å². The molecule has 1 saturated heterocycles. The molecule has 0 saturated carbocycles. The van der Waals surface area contributed by atoms with Crippen molar-refractivity contribution in [2.24, 2.45) is 0 Å². The van der Waals surface area contributed by atoms with Gasteiger partial charge >= 0.3 is 0 Å². The molecule has 2 atom stereocenters. The zero-order valence-corrected chi connectivity index (χ0v) is 6.81. The van der Waals surface area contributed by atoms with E-state index in [0.29, 0.717) is 13.0 Å². The van der Waals surface area contributed by atoms with Crippen molar-refractivity contribution in [3.05, 3.63) is 35.9 Å². The minimum absolute atomic E-state index is 0.0882. The van der Waals surface area contributed by atoms with Crippen LogP contribution in [-0.2, 0) is 11.2 Å². The molecule has 0 aromatic heterocycles. The minimum Gasteiger partial charge on any atom is -0.390 e. The molecule has 1 aliphatic rings. The summed E-state index contributed by atoms with van der Waals surface area (Å²) < 4.78 is 4.99. The van der Waals surface area contributed by atoms with Crippen LogP contribution in [0.15, 0.2) is 30.3 Å². The lowest BCUT2D eigenvalue weighted by atomic mass is 10.1. The third-order valence-electron chi connectivity index (χ3n) is 2.08. The van der Waals surface area contributed by atoms with Crippen LogP contribution in [-0.4, -0.2) is 23.9 Å². The Morgan fingerprint density at radius 3 is 2.67 bits per heavy atom. The number of rotatable bonds is 3. The first-order valence-corrected chi connectivity index (χ1v) is 4.20. The Hall–Kier alpha value is -0.860. The molecule has 1 aromatic carbocycles. The van der Waals surface area contributed by atoms with Gasteiger partial charge in [-0.15, -0.1) is 0 Å². The quantitative estimate of drug-likeness (QED) is 0.676. The van der Waals surface area contributed by atoms with Gasteiger partial charge in [0.2, 0.25) is 0 Å². The third kappa shape index (κ3) is 1.84. The maximum absolute atomic E-state index is 9.52. The molecule has 64 valence electrons. The molecule has 12 heavy (non-hydrogen) atoms. The van der Waals surface area contributed by atoms with Crippen LogP contribution in [0.5, 0.6) is 0 Å². The van der Waals surface area contributed by atoms with Gasteiger partial charge in [0, 0.05) is 6.42 Å². The molecule has 0 radical (unpaired) electrons. The highest BCUT2D eigenvalue weighted by Crippen LogP contribution is 2.17. The fraction of sp³-hybridized carbons (Fsp3) is 0.400. The second-order valence-corrected chi connectivity index (χ2v) is 3.13. The Morgan fingerprint density at radius 1 is 1.42 bits per heavy atom. The second kappa shape index (κ2) is 3.25. The summed E-state index contributed by atoms with van der Waals surface area (Å²) in [6.07, 6.45) is 0.462. The number of hydrogen-bond acceptors (Lipinski definition) is 2. The van der Waals surface area contributed by atoms with Crippen molar-refractivity contribution in [3.8, 4) is 0 Å². The molecule has 1 aromatic rings. The van der Waals surface area contributed by atoms with E-state index in [-0.39, 0.29) is 12.2 Å². The Labute approximate surface area is 71.8 Å². The lowest BCUT2D eigenvalue weighted by molar-refractivity contribution is 0.135. The fourth-order valence-corrected chi connectivity index (χ4v) is 1.26. The molecule has 1 aliphatic heterocycles. The first kappa shape index (κ1) is 7.77. The molecule has 1 fully saturated rings. The lowest BCUT2D eigenvalue weighted by Crippen LogP contribution is -2.17. The van der Waals surface area contributed by atoms with E-state index in [1.807, 2.05) is 30.3 Å². The summed E-state index contributed by atoms with van der Waals surface area (Å²) in [5, 5.41) is 9.52. The molecular weight excluding hydrogens is 152 g/mol. The monoisotopic (exact) mass is 164 g/mol. The third-order valence-corrected chi connectivity index (χ3v) is 2.08. The topological polar surface area (TPSA) is 32.8 Å². The van der Waals surface area contributed by atoms with Crippen molar-refractivity contribution < 1.29 is 9.84 Å². The van der Waals surface area contributed by atoms with Gasteiger partial charge in [-0.3, -0.25) is 0 Å². The summed E-state index contributed by atoms with van der Waals surface area (Å²) in [7, 11) is 0. The van der Waals surface area contributed by atoms with Crippen LogP contribution in [0.4, 0.5) is 0 Å². The number of ether oxygens (including phenoxy) is 1. The highest BCUT2D eigenvalue weighted by molar-refractivity contribution is 5.16. The summed E-state index contributed by atoms with van der Waals surface area (Å²) in [4.78, 5) is 0. The van der Waals surface area contributed by atoms with E-state index in [4.69, 9.17) is 4.74 Å². The number of aliphatic hydroxyl groups is 1. The van der Waals surface area contributed by atoms with E-state index < -0.39 is 0 Å². The summed E-state index contributed by atoms with van der Waals surface area (Å²) in [6, 6.07) is 9.98. The molecule has 1 N–H and O–H groups in total. The van der Waals surface area contributed by atoms with Crippen LogP contribution in [0, 0.1) is 0 Å². The van der Waals surface area contributed by atoms with E-state index in [1.165, 1.54) is 5.56 Å². The minimum atomic E-state index is -0.326. The van der Waals surface area contributed by atoms with Gasteiger partial charge in [0.25, 0.3) is 0 Å². The molecule has 2 heteroatoms. The van der Waals surface area contributed by atoms with Crippen LogP contribution in [0.3, 0.4) is 0 Å². The molecule has 2 nitrogen and oxygen atoms in total. The van der Waals surface area contributed by atoms with E-state index >= 15 is 0 Å². The highest BCUT2D eigenvalue weighted by Gasteiger charge is 2.30. The van der Waals surface area contributed by atoms with Crippen molar-refractivity contribution in [1.82, 2.24) is 0 Å². The van der Waals surface area contributed by atoms with Crippen LogP contribution in [0.25, 0.3) is 0 Å². The number of benzene rings is 1. The van der Waals surface area contributed by atoms with Gasteiger partial charge in [0.1, 0.15) is 6.10 Å². The van der Waals surface area contributed by atoms with Gasteiger partial charge in [0.15, 0.2) is 0 Å². The van der Waals surface area contributed by atoms with Crippen molar-refractivity contribution >= 4 is 0 Å². The molecular formula is C10H12O2. The normalized spacial score (nSPS) is 23.6. The first-order valence-electron chi connectivity index (χ1n) is 4.20. The molecule has 0 bridgehead atoms. The Bertz CT molecular complexity index is 241. The zero-order chi connectivity index (χ0) is 8.39. The van der Waals surface area contributed by atoms with Gasteiger partial charge < -0.3 is 9.84 Å². The molecule has 0 amide bonds. The van der Waals surface area contributed by atoms with Crippen molar-refractivity contribution in [1.29, 1.82) is 0 Å². The number of aliphatic hydroxyl groups excluding tert-OH is 1. The SMILES string of the molecule is O[C@@H](Cc1ccccc1)[C@@H]1CO1. The van der Waals surface area contributed by atoms with Crippen LogP contribution < -0.4 is 0 Å². The summed E-state index contributed by atoms with van der Waals surface area (Å²) in [5.74, 6) is 0. The average molecular weight is 164 g/mol. The highest BCUT2D eigenvalue weighted by atomic mass is 16.6. The van der Waals surface area contributed by atoms with Crippen molar-refractivity contribution in [3.63, 3.8) is 0 Å². The van der Waals surface area contributed by atoms with Gasteiger partial charge in [-0.1, -0.05) is 30.3 Å². The largest absolute Gasteiger partial charge is 0.390 e. The molecule has 1 heterocycles. The summed E-state index contributed by atoms with van der Waals surface area (Å²) in [6.45, 7) is 0.716. The Kier molecular flexibility index (Phi) is 2.11. The second-order valence-electron chi connectivity index (χ2n) is 3.13. The van der Waals surface area contributed by atoms with Crippen molar-refractivity contribution in [2.45, 2.75) is 18.6 Å². The van der Waals surface area contributed by atoms with Crippen molar-refractivity contribution in [2.75, 3.05) is 6.61 Å². The predicted octanol–water partition coefficient (Wildman–Crippen LogP) is 0.989. The van der Waals surface area contributed by atoms with Gasteiger partial charge in [0.05, 0.1) is 12.7 Å². The predicted molar refractivity (Wildman–Crippen MR) is 45.9 cm³/mol.